The predicted molar refractivity (Wildman–Crippen MR) is 125 cm³/mol. The Kier molecular flexibility index (Phi) is 7.30. The van der Waals surface area contributed by atoms with Crippen LogP contribution in [0.5, 0.6) is 0 Å². The minimum atomic E-state index is -3.75. The molecule has 0 N–H and O–H groups in total. The van der Waals surface area contributed by atoms with Gasteiger partial charge in [-0.3, -0.25) is 4.79 Å². The third-order valence-electron chi connectivity index (χ3n) is 5.56. The van der Waals surface area contributed by atoms with Crippen LogP contribution in [0.4, 0.5) is 4.39 Å². The largest absolute Gasteiger partial charge is 0.383 e. The molecule has 1 aliphatic heterocycles. The molecule has 2 aromatic carbocycles. The first-order valence-electron chi connectivity index (χ1n) is 10.4. The summed E-state index contributed by atoms with van der Waals surface area (Å²) in [6.45, 7) is 1.05. The third kappa shape index (κ3) is 5.04. The number of carbonyl (C=O) groups excluding carboxylic acids is 1. The lowest BCUT2D eigenvalue weighted by Crippen LogP contribution is -2.42. The summed E-state index contributed by atoms with van der Waals surface area (Å²) in [5.41, 5.74) is 0.377. The molecule has 0 aliphatic carbocycles. The van der Waals surface area contributed by atoms with Crippen LogP contribution in [0.15, 0.2) is 52.4 Å². The molecule has 0 saturated carbocycles. The third-order valence-corrected chi connectivity index (χ3v) is 8.74. The molecule has 1 amide bonds. The van der Waals surface area contributed by atoms with Gasteiger partial charge in [-0.2, -0.15) is 9.30 Å². The second-order valence-corrected chi connectivity index (χ2v) is 11.1. The van der Waals surface area contributed by atoms with E-state index in [0.717, 1.165) is 0 Å². The van der Waals surface area contributed by atoms with E-state index in [1.165, 1.54) is 46.0 Å². The van der Waals surface area contributed by atoms with E-state index in [-0.39, 0.29) is 11.4 Å². The molecule has 176 valence electrons. The van der Waals surface area contributed by atoms with Crippen molar-refractivity contribution in [2.24, 2.45) is 10.9 Å². The first kappa shape index (κ1) is 24.0. The smallest absolute Gasteiger partial charge is 0.252 e. The summed E-state index contributed by atoms with van der Waals surface area (Å²) >= 11 is 7.10. The lowest BCUT2D eigenvalue weighted by atomic mass is 9.99. The number of para-hydroxylation sites is 1. The van der Waals surface area contributed by atoms with E-state index in [1.54, 1.807) is 23.8 Å². The number of carbonyl (C=O) groups is 1. The fourth-order valence-corrected chi connectivity index (χ4v) is 6.59. The maximum atomic E-state index is 14.5. The quantitative estimate of drug-likeness (QED) is 0.505. The van der Waals surface area contributed by atoms with E-state index < -0.39 is 27.7 Å². The first-order valence-corrected chi connectivity index (χ1v) is 13.1. The molecule has 2 heterocycles. The highest BCUT2D eigenvalue weighted by molar-refractivity contribution is 7.89. The molecule has 11 heteroatoms. The highest BCUT2D eigenvalue weighted by atomic mass is 35.5. The van der Waals surface area contributed by atoms with E-state index >= 15 is 0 Å². The highest BCUT2D eigenvalue weighted by Gasteiger charge is 2.33. The summed E-state index contributed by atoms with van der Waals surface area (Å²) in [5, 5.41) is 0.445. The van der Waals surface area contributed by atoms with Gasteiger partial charge in [-0.05, 0) is 49.2 Å². The van der Waals surface area contributed by atoms with Crippen molar-refractivity contribution in [3.63, 3.8) is 0 Å². The monoisotopic (exact) mass is 511 g/mol. The number of methoxy groups -OCH3 is 1. The van der Waals surface area contributed by atoms with E-state index in [9.17, 15) is 17.6 Å². The topological polar surface area (TPSA) is 81.0 Å². The molecule has 1 aromatic heterocycles. The van der Waals surface area contributed by atoms with Crippen molar-refractivity contribution in [2.45, 2.75) is 24.3 Å². The van der Waals surface area contributed by atoms with Crippen LogP contribution in [0, 0.1) is 11.7 Å². The van der Waals surface area contributed by atoms with Crippen LogP contribution in [0.2, 0.25) is 5.02 Å². The molecule has 7 nitrogen and oxygen atoms in total. The van der Waals surface area contributed by atoms with Crippen LogP contribution in [0.3, 0.4) is 0 Å². The molecule has 33 heavy (non-hydrogen) atoms. The van der Waals surface area contributed by atoms with Gasteiger partial charge in [-0.25, -0.2) is 12.8 Å². The second kappa shape index (κ2) is 10.0. The molecule has 0 spiro atoms. The van der Waals surface area contributed by atoms with Crippen molar-refractivity contribution in [1.29, 1.82) is 0 Å². The number of rotatable bonds is 6. The van der Waals surface area contributed by atoms with Crippen LogP contribution >= 0.6 is 22.9 Å². The van der Waals surface area contributed by atoms with Crippen molar-refractivity contribution in [2.75, 3.05) is 26.8 Å². The average molecular weight is 512 g/mol. The molecule has 0 radical (unpaired) electrons. The zero-order valence-electron chi connectivity index (χ0n) is 17.9. The van der Waals surface area contributed by atoms with Gasteiger partial charge in [-0.1, -0.05) is 29.0 Å². The zero-order valence-corrected chi connectivity index (χ0v) is 20.3. The van der Waals surface area contributed by atoms with Gasteiger partial charge >= 0.3 is 0 Å². The number of sulfonamides is 1. The summed E-state index contributed by atoms with van der Waals surface area (Å²) in [7, 11) is -2.21. The van der Waals surface area contributed by atoms with Gasteiger partial charge < -0.3 is 9.30 Å². The number of hydrogen-bond acceptors (Lipinski definition) is 5. The fourth-order valence-electron chi connectivity index (χ4n) is 3.87. The Labute approximate surface area is 200 Å². The molecule has 3 aromatic rings. The minimum Gasteiger partial charge on any atom is -0.383 e. The second-order valence-electron chi connectivity index (χ2n) is 7.72. The number of fused-ring (bicyclic) bond motifs is 1. The van der Waals surface area contributed by atoms with E-state index in [4.69, 9.17) is 16.3 Å². The van der Waals surface area contributed by atoms with Gasteiger partial charge in [-0.15, -0.1) is 0 Å². The first-order chi connectivity index (χ1) is 15.8. The summed E-state index contributed by atoms with van der Waals surface area (Å²) in [4.78, 5) is 17.9. The molecule has 4 rings (SSSR count). The van der Waals surface area contributed by atoms with Crippen molar-refractivity contribution in [3.8, 4) is 0 Å². The Bertz CT molecular complexity index is 1340. The molecule has 1 fully saturated rings. The van der Waals surface area contributed by atoms with Crippen molar-refractivity contribution in [3.05, 3.63) is 58.1 Å². The minimum absolute atomic E-state index is 0.0463. The van der Waals surface area contributed by atoms with Crippen molar-refractivity contribution in [1.82, 2.24) is 8.87 Å². The highest BCUT2D eigenvalue weighted by Crippen LogP contribution is 2.26. The Morgan fingerprint density at radius 3 is 2.76 bits per heavy atom. The summed E-state index contributed by atoms with van der Waals surface area (Å²) in [6, 6.07) is 10.7. The Hall–Kier alpha value is -2.11. The molecule has 1 aliphatic rings. The van der Waals surface area contributed by atoms with Crippen LogP contribution in [0.1, 0.15) is 12.8 Å². The van der Waals surface area contributed by atoms with Crippen LogP contribution < -0.4 is 4.80 Å². The lowest BCUT2D eigenvalue weighted by Gasteiger charge is -2.30. The maximum absolute atomic E-state index is 14.5. The number of aromatic nitrogens is 1. The number of thiazole rings is 1. The number of nitrogens with zero attached hydrogens (tertiary/aromatic N) is 3. The van der Waals surface area contributed by atoms with Gasteiger partial charge in [0.25, 0.3) is 5.91 Å². The molecule has 0 bridgehead atoms. The number of benzene rings is 2. The van der Waals surface area contributed by atoms with Crippen LogP contribution in [0.25, 0.3) is 10.2 Å². The normalized spacial score (nSPS) is 18.2. The molecular formula is C22H23ClFN3O4S2. The van der Waals surface area contributed by atoms with Gasteiger partial charge in [0.15, 0.2) is 4.80 Å². The Balaban J connectivity index is 1.63. The van der Waals surface area contributed by atoms with E-state index in [2.05, 4.69) is 4.99 Å². The summed E-state index contributed by atoms with van der Waals surface area (Å²) in [6.07, 6.45) is 1.08. The number of halogens is 2. The Morgan fingerprint density at radius 1 is 1.27 bits per heavy atom. The van der Waals surface area contributed by atoms with Crippen molar-refractivity contribution < 1.29 is 22.3 Å². The van der Waals surface area contributed by atoms with Crippen LogP contribution in [-0.2, 0) is 26.1 Å². The molecular weight excluding hydrogens is 489 g/mol. The SMILES string of the molecule is COCCn1c(=NC(=O)C2CCCN(S(=O)(=O)c3ccc(Cl)cc3)C2)sc2cccc(F)c21. The van der Waals surface area contributed by atoms with Gasteiger partial charge in [0.05, 0.1) is 27.6 Å². The Morgan fingerprint density at radius 2 is 2.03 bits per heavy atom. The number of amides is 1. The van der Waals surface area contributed by atoms with E-state index in [0.29, 0.717) is 52.6 Å². The van der Waals surface area contributed by atoms with Crippen molar-refractivity contribution >= 4 is 49.1 Å². The number of hydrogen-bond donors (Lipinski definition) is 0. The summed E-state index contributed by atoms with van der Waals surface area (Å²) < 4.78 is 49.3. The molecule has 1 saturated heterocycles. The lowest BCUT2D eigenvalue weighted by molar-refractivity contribution is -0.122. The van der Waals surface area contributed by atoms with Gasteiger partial charge in [0.2, 0.25) is 10.0 Å². The maximum Gasteiger partial charge on any atom is 0.252 e. The number of ether oxygens (including phenoxy) is 1. The van der Waals surface area contributed by atoms with E-state index in [1.807, 2.05) is 0 Å². The number of piperidine rings is 1. The van der Waals surface area contributed by atoms with Gasteiger partial charge in [0, 0.05) is 31.8 Å². The molecule has 1 unspecified atom stereocenters. The summed E-state index contributed by atoms with van der Waals surface area (Å²) in [5.74, 6) is -1.39. The standard InChI is InChI=1S/C22H23ClFN3O4S2/c1-31-13-12-27-20-18(24)5-2-6-19(20)32-22(27)25-21(28)15-4-3-11-26(14-15)33(29,30)17-9-7-16(23)8-10-17/h2,5-10,15H,3-4,11-14H2,1H3. The fraction of sp³-hybridized carbons (Fsp3) is 0.364. The van der Waals surface area contributed by atoms with Crippen LogP contribution in [-0.4, -0.2) is 50.0 Å². The zero-order chi connectivity index (χ0) is 23.6. The average Bonchev–Trinajstić information content (AvgIpc) is 3.16. The predicted octanol–water partition coefficient (Wildman–Crippen LogP) is 3.67. The molecule has 1 atom stereocenters. The van der Waals surface area contributed by atoms with Gasteiger partial charge in [0.1, 0.15) is 5.82 Å².